The van der Waals surface area contributed by atoms with Gasteiger partial charge in [0, 0.05) is 35.9 Å². The van der Waals surface area contributed by atoms with Crippen LogP contribution < -0.4 is 15.0 Å². The van der Waals surface area contributed by atoms with Crippen molar-refractivity contribution in [2.45, 2.75) is 50.9 Å². The zero-order chi connectivity index (χ0) is 18.1. The normalized spacial score (nSPS) is 23.6. The standard InChI is InChI=1S/C17H19F5N2O/c1-9(16(19)20)23-11-6-12(7-11)24-4-2-3-10-5-13(18)15(8-14(10)24)25-17(21)22/h2-3,5,8-9,11-12,16-17,23H,4,6-7H2,1H3. The fourth-order valence-corrected chi connectivity index (χ4v) is 3.29. The van der Waals surface area contributed by atoms with Crippen molar-refractivity contribution in [3.63, 3.8) is 0 Å². The Morgan fingerprint density at radius 2 is 1.92 bits per heavy atom. The van der Waals surface area contributed by atoms with Gasteiger partial charge in [-0.05, 0) is 25.8 Å². The van der Waals surface area contributed by atoms with Crippen LogP contribution in [0.25, 0.3) is 6.08 Å². The van der Waals surface area contributed by atoms with Crippen molar-refractivity contribution < 1.29 is 26.7 Å². The first-order chi connectivity index (χ1) is 11.8. The zero-order valence-corrected chi connectivity index (χ0v) is 13.6. The molecule has 0 amide bonds. The Bertz CT molecular complexity index is 646. The molecule has 0 bridgehead atoms. The number of rotatable bonds is 6. The van der Waals surface area contributed by atoms with Crippen LogP contribution in [0.4, 0.5) is 27.6 Å². The van der Waals surface area contributed by atoms with Gasteiger partial charge in [-0.15, -0.1) is 0 Å². The predicted octanol–water partition coefficient (Wildman–Crippen LogP) is 4.03. The molecule has 1 aromatic carbocycles. The minimum Gasteiger partial charge on any atom is -0.432 e. The Morgan fingerprint density at radius 3 is 2.56 bits per heavy atom. The summed E-state index contributed by atoms with van der Waals surface area (Å²) in [5.74, 6) is -1.33. The molecule has 0 spiro atoms. The lowest BCUT2D eigenvalue weighted by molar-refractivity contribution is -0.0521. The molecule has 25 heavy (non-hydrogen) atoms. The first-order valence-corrected chi connectivity index (χ1v) is 8.11. The maximum Gasteiger partial charge on any atom is 0.387 e. The number of hydrogen-bond donors (Lipinski definition) is 1. The number of alkyl halides is 4. The average molecular weight is 362 g/mol. The predicted molar refractivity (Wildman–Crippen MR) is 84.8 cm³/mol. The highest BCUT2D eigenvalue weighted by atomic mass is 19.3. The highest BCUT2D eigenvalue weighted by Crippen LogP contribution is 2.38. The van der Waals surface area contributed by atoms with Crippen molar-refractivity contribution in [2.24, 2.45) is 0 Å². The number of hydrogen-bond acceptors (Lipinski definition) is 3. The molecule has 8 heteroatoms. The highest BCUT2D eigenvalue weighted by molar-refractivity contribution is 5.73. The number of nitrogens with one attached hydrogen (secondary N) is 1. The number of anilines is 1. The molecule has 138 valence electrons. The molecule has 2 aliphatic rings. The van der Waals surface area contributed by atoms with Crippen molar-refractivity contribution in [2.75, 3.05) is 11.4 Å². The van der Waals surface area contributed by atoms with Crippen LogP contribution in [0.3, 0.4) is 0 Å². The number of benzene rings is 1. The molecule has 1 saturated carbocycles. The van der Waals surface area contributed by atoms with Crippen LogP contribution in [-0.4, -0.2) is 37.7 Å². The molecule has 1 unspecified atom stereocenters. The summed E-state index contributed by atoms with van der Waals surface area (Å²) >= 11 is 0. The third-order valence-electron chi connectivity index (χ3n) is 4.64. The summed E-state index contributed by atoms with van der Waals surface area (Å²) in [5, 5.41) is 2.88. The van der Waals surface area contributed by atoms with Gasteiger partial charge in [0.2, 0.25) is 0 Å². The molecule has 1 heterocycles. The molecule has 1 aromatic rings. The fraction of sp³-hybridized carbons (Fsp3) is 0.529. The van der Waals surface area contributed by atoms with Crippen molar-refractivity contribution in [1.82, 2.24) is 5.32 Å². The van der Waals surface area contributed by atoms with E-state index in [1.807, 2.05) is 11.0 Å². The third kappa shape index (κ3) is 3.89. The first-order valence-electron chi connectivity index (χ1n) is 8.11. The van der Waals surface area contributed by atoms with E-state index in [9.17, 15) is 22.0 Å². The van der Waals surface area contributed by atoms with Crippen LogP contribution in [0.2, 0.25) is 0 Å². The van der Waals surface area contributed by atoms with Crippen molar-refractivity contribution in [3.05, 3.63) is 29.6 Å². The molecule has 3 rings (SSSR count). The number of fused-ring (bicyclic) bond motifs is 1. The molecule has 1 atom stereocenters. The van der Waals surface area contributed by atoms with E-state index in [0.29, 0.717) is 30.6 Å². The smallest absolute Gasteiger partial charge is 0.387 e. The lowest BCUT2D eigenvalue weighted by Crippen LogP contribution is -2.56. The second-order valence-corrected chi connectivity index (χ2v) is 6.39. The van der Waals surface area contributed by atoms with Gasteiger partial charge in [0.15, 0.2) is 11.6 Å². The van der Waals surface area contributed by atoms with Gasteiger partial charge in [-0.2, -0.15) is 8.78 Å². The molecule has 1 aliphatic heterocycles. The quantitative estimate of drug-likeness (QED) is 0.774. The second kappa shape index (κ2) is 7.19. The molecule has 0 saturated heterocycles. The van der Waals surface area contributed by atoms with Crippen LogP contribution in [-0.2, 0) is 0 Å². The number of ether oxygens (including phenoxy) is 1. The van der Waals surface area contributed by atoms with E-state index in [4.69, 9.17) is 0 Å². The van der Waals surface area contributed by atoms with Gasteiger partial charge in [0.25, 0.3) is 6.43 Å². The van der Waals surface area contributed by atoms with Crippen molar-refractivity contribution >= 4 is 11.8 Å². The lowest BCUT2D eigenvalue weighted by Gasteiger charge is -2.46. The molecule has 3 nitrogen and oxygen atoms in total. The Morgan fingerprint density at radius 1 is 1.20 bits per heavy atom. The Balaban J connectivity index is 1.71. The molecule has 1 N–H and O–H groups in total. The van der Waals surface area contributed by atoms with E-state index < -0.39 is 30.6 Å². The van der Waals surface area contributed by atoms with E-state index in [2.05, 4.69) is 10.1 Å². The summed E-state index contributed by atoms with van der Waals surface area (Å²) in [7, 11) is 0. The van der Waals surface area contributed by atoms with E-state index in [0.717, 1.165) is 0 Å². The van der Waals surface area contributed by atoms with Crippen molar-refractivity contribution in [1.29, 1.82) is 0 Å². The van der Waals surface area contributed by atoms with Crippen LogP contribution >= 0.6 is 0 Å². The summed E-state index contributed by atoms with van der Waals surface area (Å²) in [6.07, 6.45) is 2.49. The average Bonchev–Trinajstić information content (AvgIpc) is 2.50. The molecule has 1 fully saturated rings. The van der Waals surface area contributed by atoms with E-state index >= 15 is 0 Å². The number of halogens is 5. The van der Waals surface area contributed by atoms with Crippen LogP contribution in [0.5, 0.6) is 5.75 Å². The van der Waals surface area contributed by atoms with Gasteiger partial charge in [0.05, 0.1) is 6.04 Å². The van der Waals surface area contributed by atoms with Crippen molar-refractivity contribution in [3.8, 4) is 5.75 Å². The van der Waals surface area contributed by atoms with Gasteiger partial charge < -0.3 is 15.0 Å². The largest absolute Gasteiger partial charge is 0.432 e. The maximum absolute atomic E-state index is 13.9. The Kier molecular flexibility index (Phi) is 5.17. The lowest BCUT2D eigenvalue weighted by atomic mass is 9.84. The monoisotopic (exact) mass is 362 g/mol. The maximum atomic E-state index is 13.9. The van der Waals surface area contributed by atoms with E-state index in [1.54, 1.807) is 6.08 Å². The molecular formula is C17H19F5N2O. The van der Waals surface area contributed by atoms with Crippen LogP contribution in [0.1, 0.15) is 25.3 Å². The summed E-state index contributed by atoms with van der Waals surface area (Å²) in [6.45, 7) is -1.12. The Hall–Kier alpha value is -1.83. The second-order valence-electron chi connectivity index (χ2n) is 6.39. The highest BCUT2D eigenvalue weighted by Gasteiger charge is 2.36. The van der Waals surface area contributed by atoms with Crippen LogP contribution in [0, 0.1) is 5.82 Å². The molecule has 0 radical (unpaired) electrons. The van der Waals surface area contributed by atoms with Gasteiger partial charge >= 0.3 is 6.61 Å². The van der Waals surface area contributed by atoms with Gasteiger partial charge in [0.1, 0.15) is 0 Å². The molecule has 0 aromatic heterocycles. The molecule has 1 aliphatic carbocycles. The third-order valence-corrected chi connectivity index (χ3v) is 4.64. The van der Waals surface area contributed by atoms with E-state index in [1.165, 1.54) is 19.1 Å². The first kappa shape index (κ1) is 18.0. The van der Waals surface area contributed by atoms with E-state index in [-0.39, 0.29) is 12.1 Å². The number of nitrogens with zero attached hydrogens (tertiary/aromatic N) is 1. The SMILES string of the molecule is CC(NC1CC(N2CC=Cc3cc(F)c(OC(F)F)cc32)C1)C(F)F. The topological polar surface area (TPSA) is 24.5 Å². The zero-order valence-electron chi connectivity index (χ0n) is 13.6. The van der Waals surface area contributed by atoms with Gasteiger partial charge in [-0.1, -0.05) is 12.2 Å². The summed E-state index contributed by atoms with van der Waals surface area (Å²) < 4.78 is 68.1. The van der Waals surface area contributed by atoms with Gasteiger partial charge in [-0.25, -0.2) is 13.2 Å². The van der Waals surface area contributed by atoms with Crippen LogP contribution in [0.15, 0.2) is 18.2 Å². The Labute approximate surface area is 142 Å². The minimum absolute atomic E-state index is 0.0133. The van der Waals surface area contributed by atoms with Gasteiger partial charge in [-0.3, -0.25) is 0 Å². The summed E-state index contributed by atoms with van der Waals surface area (Å²) in [5.41, 5.74) is 1.20. The molecular weight excluding hydrogens is 343 g/mol. The fourth-order valence-electron chi connectivity index (χ4n) is 3.29. The summed E-state index contributed by atoms with van der Waals surface area (Å²) in [4.78, 5) is 1.97. The summed E-state index contributed by atoms with van der Waals surface area (Å²) in [6, 6.07) is 1.64. The minimum atomic E-state index is -3.10.